The van der Waals surface area contributed by atoms with Crippen LogP contribution in [-0.2, 0) is 4.74 Å². The van der Waals surface area contributed by atoms with Gasteiger partial charge < -0.3 is 15.0 Å². The number of rotatable bonds is 2. The summed E-state index contributed by atoms with van der Waals surface area (Å²) < 4.78 is 7.30. The lowest BCUT2D eigenvalue weighted by atomic mass is 9.87. The fraction of sp³-hybridized carbons (Fsp3) is 0.444. The average Bonchev–Trinajstić information content (AvgIpc) is 3.31. The topological polar surface area (TPSA) is 59.4 Å². The average molecular weight is 361 g/mol. The van der Waals surface area contributed by atoms with Crippen molar-refractivity contribution in [2.24, 2.45) is 5.41 Å². The van der Waals surface area contributed by atoms with Gasteiger partial charge in [-0.1, -0.05) is 17.7 Å². The normalized spacial score (nSPS) is 22.7. The Hall–Kier alpha value is -2.05. The summed E-state index contributed by atoms with van der Waals surface area (Å²) in [7, 11) is 0. The van der Waals surface area contributed by atoms with E-state index < -0.39 is 0 Å². The molecule has 25 heavy (non-hydrogen) atoms. The van der Waals surface area contributed by atoms with Crippen LogP contribution in [0.1, 0.15) is 18.5 Å². The number of carbonyl (C=O) groups excluding carboxylic acids is 1. The first-order valence-electron chi connectivity index (χ1n) is 8.51. The van der Waals surface area contributed by atoms with Crippen molar-refractivity contribution in [3.05, 3.63) is 41.2 Å². The molecule has 0 aliphatic carbocycles. The Morgan fingerprint density at radius 3 is 3.04 bits per heavy atom. The van der Waals surface area contributed by atoms with Crippen LogP contribution >= 0.6 is 11.6 Å². The lowest BCUT2D eigenvalue weighted by Crippen LogP contribution is -2.35. The van der Waals surface area contributed by atoms with E-state index in [-0.39, 0.29) is 11.4 Å². The number of nitrogens with zero attached hydrogens (tertiary/aromatic N) is 3. The standard InChI is InChI=1S/C18H21ClN4O2/c1-13-16(10-20-23(13)15-4-2-3-14(19)9-15)21-17(24)22-7-5-18(11-22)6-8-25-12-18/h2-4,9-10H,5-8,11-12H2,1H3,(H,21,24)/t18-/m0/s1. The third-order valence-electron chi connectivity index (χ3n) is 5.21. The molecule has 6 nitrogen and oxygen atoms in total. The summed E-state index contributed by atoms with van der Waals surface area (Å²) >= 11 is 6.06. The second kappa shape index (κ2) is 6.35. The molecule has 3 heterocycles. The van der Waals surface area contributed by atoms with Gasteiger partial charge in [0.05, 0.1) is 29.9 Å². The lowest BCUT2D eigenvalue weighted by Gasteiger charge is -2.22. The third-order valence-corrected chi connectivity index (χ3v) is 5.45. The molecule has 1 atom stereocenters. The minimum atomic E-state index is -0.0717. The highest BCUT2D eigenvalue weighted by Crippen LogP contribution is 2.38. The van der Waals surface area contributed by atoms with Crippen LogP contribution in [0, 0.1) is 12.3 Å². The van der Waals surface area contributed by atoms with Gasteiger partial charge in [0.15, 0.2) is 0 Å². The molecule has 7 heteroatoms. The van der Waals surface area contributed by atoms with Crippen LogP contribution in [0.4, 0.5) is 10.5 Å². The maximum absolute atomic E-state index is 12.6. The van der Waals surface area contributed by atoms with Gasteiger partial charge in [-0.3, -0.25) is 0 Å². The maximum atomic E-state index is 12.6. The van der Waals surface area contributed by atoms with E-state index >= 15 is 0 Å². The predicted molar refractivity (Wildman–Crippen MR) is 96.4 cm³/mol. The highest BCUT2D eigenvalue weighted by molar-refractivity contribution is 6.30. The van der Waals surface area contributed by atoms with E-state index in [1.807, 2.05) is 36.1 Å². The van der Waals surface area contributed by atoms with Crippen molar-refractivity contribution in [1.82, 2.24) is 14.7 Å². The Morgan fingerprint density at radius 2 is 2.28 bits per heavy atom. The van der Waals surface area contributed by atoms with E-state index in [2.05, 4.69) is 10.4 Å². The molecule has 1 aromatic carbocycles. The van der Waals surface area contributed by atoms with E-state index in [4.69, 9.17) is 16.3 Å². The van der Waals surface area contributed by atoms with E-state index in [1.54, 1.807) is 10.9 Å². The summed E-state index contributed by atoms with van der Waals surface area (Å²) in [5, 5.41) is 8.03. The summed E-state index contributed by atoms with van der Waals surface area (Å²) in [4.78, 5) is 14.5. The minimum Gasteiger partial charge on any atom is -0.381 e. The monoisotopic (exact) mass is 360 g/mol. The maximum Gasteiger partial charge on any atom is 0.321 e. The van der Waals surface area contributed by atoms with Crippen LogP contribution < -0.4 is 5.32 Å². The number of amides is 2. The molecule has 2 aliphatic heterocycles. The lowest BCUT2D eigenvalue weighted by molar-refractivity contribution is 0.154. The van der Waals surface area contributed by atoms with Crippen molar-refractivity contribution in [2.75, 3.05) is 31.6 Å². The number of halogens is 1. The van der Waals surface area contributed by atoms with Crippen molar-refractivity contribution in [3.8, 4) is 5.69 Å². The fourth-order valence-corrected chi connectivity index (χ4v) is 3.86. The molecule has 2 aromatic rings. The van der Waals surface area contributed by atoms with Gasteiger partial charge in [0.1, 0.15) is 0 Å². The largest absolute Gasteiger partial charge is 0.381 e. The van der Waals surface area contributed by atoms with Crippen LogP contribution in [0.15, 0.2) is 30.5 Å². The number of likely N-dealkylation sites (tertiary alicyclic amines) is 1. The quantitative estimate of drug-likeness (QED) is 0.892. The number of nitrogens with one attached hydrogen (secondary N) is 1. The van der Waals surface area contributed by atoms with Gasteiger partial charge in [0, 0.05) is 30.1 Å². The first-order valence-corrected chi connectivity index (χ1v) is 8.88. The van der Waals surface area contributed by atoms with E-state index in [0.29, 0.717) is 10.7 Å². The number of hydrogen-bond donors (Lipinski definition) is 1. The first kappa shape index (κ1) is 16.4. The number of anilines is 1. The zero-order valence-electron chi connectivity index (χ0n) is 14.2. The van der Waals surface area contributed by atoms with Crippen LogP contribution in [0.2, 0.25) is 5.02 Å². The molecule has 0 saturated carbocycles. The molecular formula is C18H21ClN4O2. The van der Waals surface area contributed by atoms with Crippen molar-refractivity contribution in [1.29, 1.82) is 0 Å². The molecule has 132 valence electrons. The van der Waals surface area contributed by atoms with E-state index in [9.17, 15) is 4.79 Å². The van der Waals surface area contributed by atoms with Gasteiger partial charge in [-0.25, -0.2) is 9.48 Å². The number of carbonyl (C=O) groups is 1. The molecular weight excluding hydrogens is 340 g/mol. The van der Waals surface area contributed by atoms with Crippen molar-refractivity contribution in [3.63, 3.8) is 0 Å². The highest BCUT2D eigenvalue weighted by atomic mass is 35.5. The van der Waals surface area contributed by atoms with Crippen molar-refractivity contribution < 1.29 is 9.53 Å². The molecule has 1 spiro atoms. The summed E-state index contributed by atoms with van der Waals surface area (Å²) in [5.41, 5.74) is 2.62. The van der Waals surface area contributed by atoms with E-state index in [1.165, 1.54) is 0 Å². The van der Waals surface area contributed by atoms with Gasteiger partial charge in [-0.2, -0.15) is 5.10 Å². The molecule has 2 amide bonds. The van der Waals surface area contributed by atoms with Gasteiger partial charge >= 0.3 is 6.03 Å². The molecule has 0 unspecified atom stereocenters. The SMILES string of the molecule is Cc1c(NC(=O)N2CC[C@]3(CCOC3)C2)cnn1-c1cccc(Cl)c1. The van der Waals surface area contributed by atoms with Crippen LogP contribution in [0.25, 0.3) is 5.69 Å². The number of benzene rings is 1. The second-order valence-electron chi connectivity index (χ2n) is 6.94. The number of aromatic nitrogens is 2. The summed E-state index contributed by atoms with van der Waals surface area (Å²) in [6, 6.07) is 7.41. The Balaban J connectivity index is 1.47. The minimum absolute atomic E-state index is 0.0717. The summed E-state index contributed by atoms with van der Waals surface area (Å²) in [6.45, 7) is 5.04. The Labute approximate surface area is 151 Å². The van der Waals surface area contributed by atoms with Crippen LogP contribution in [0.3, 0.4) is 0 Å². The third kappa shape index (κ3) is 3.12. The summed E-state index contributed by atoms with van der Waals surface area (Å²) in [5.74, 6) is 0. The first-order chi connectivity index (χ1) is 12.1. The van der Waals surface area contributed by atoms with Gasteiger partial charge in [0.2, 0.25) is 0 Å². The Bertz CT molecular complexity index is 798. The second-order valence-corrected chi connectivity index (χ2v) is 7.38. The smallest absolute Gasteiger partial charge is 0.321 e. The Morgan fingerprint density at radius 1 is 1.40 bits per heavy atom. The fourth-order valence-electron chi connectivity index (χ4n) is 3.67. The van der Waals surface area contributed by atoms with Gasteiger partial charge in [-0.05, 0) is 38.0 Å². The molecule has 1 N–H and O–H groups in total. The molecule has 4 rings (SSSR count). The highest BCUT2D eigenvalue weighted by Gasteiger charge is 2.42. The number of ether oxygens (including phenoxy) is 1. The van der Waals surface area contributed by atoms with Gasteiger partial charge in [-0.15, -0.1) is 0 Å². The van der Waals surface area contributed by atoms with Crippen LogP contribution in [0.5, 0.6) is 0 Å². The molecule has 2 aliphatic rings. The molecule has 2 fully saturated rings. The zero-order valence-corrected chi connectivity index (χ0v) is 14.9. The van der Waals surface area contributed by atoms with Crippen LogP contribution in [-0.4, -0.2) is 47.0 Å². The van der Waals surface area contributed by atoms with E-state index in [0.717, 1.165) is 50.5 Å². The Kier molecular flexibility index (Phi) is 4.17. The number of hydrogen-bond acceptors (Lipinski definition) is 3. The van der Waals surface area contributed by atoms with Gasteiger partial charge in [0.25, 0.3) is 0 Å². The number of urea groups is 1. The molecule has 0 bridgehead atoms. The summed E-state index contributed by atoms with van der Waals surface area (Å²) in [6.07, 6.45) is 3.74. The molecule has 1 aromatic heterocycles. The zero-order chi connectivity index (χ0) is 17.4. The van der Waals surface area contributed by atoms with Crippen molar-refractivity contribution >= 4 is 23.3 Å². The predicted octanol–water partition coefficient (Wildman–Crippen LogP) is 3.48. The molecule has 2 saturated heterocycles. The van der Waals surface area contributed by atoms with Crippen molar-refractivity contribution in [2.45, 2.75) is 19.8 Å². The molecule has 0 radical (unpaired) electrons.